The molecule has 1 saturated heterocycles. The molecule has 0 spiro atoms. The van der Waals surface area contributed by atoms with E-state index < -0.39 is 0 Å². The summed E-state index contributed by atoms with van der Waals surface area (Å²) >= 11 is 3.59. The number of hydrogen-bond acceptors (Lipinski definition) is 3. The van der Waals surface area contributed by atoms with Crippen LogP contribution in [0.1, 0.15) is 42.9 Å². The number of aromatic nitrogens is 2. The Morgan fingerprint density at radius 3 is 2.94 bits per heavy atom. The van der Waals surface area contributed by atoms with Crippen molar-refractivity contribution in [1.29, 1.82) is 0 Å². The van der Waals surface area contributed by atoms with Crippen LogP contribution in [-0.2, 0) is 6.42 Å². The lowest BCUT2D eigenvalue weighted by Gasteiger charge is -2.25. The normalized spacial score (nSPS) is 29.6. The van der Waals surface area contributed by atoms with Gasteiger partial charge in [-0.1, -0.05) is 0 Å². The van der Waals surface area contributed by atoms with E-state index >= 15 is 0 Å². The molecular weight excluding hydrogens is 280 g/mol. The first kappa shape index (κ1) is 11.7. The number of nitrogens with zero attached hydrogens (tertiary/aromatic N) is 3. The van der Waals surface area contributed by atoms with Crippen molar-refractivity contribution in [2.24, 2.45) is 5.73 Å². The minimum absolute atomic E-state index is 0.124. The molecule has 0 aromatic carbocycles. The molecule has 1 fully saturated rings. The average molecular weight is 299 g/mol. The van der Waals surface area contributed by atoms with Crippen molar-refractivity contribution in [2.45, 2.75) is 37.8 Å². The molecule has 2 atom stereocenters. The van der Waals surface area contributed by atoms with E-state index in [-0.39, 0.29) is 6.17 Å². The maximum Gasteiger partial charge on any atom is 0.127 e. The predicted octanol–water partition coefficient (Wildman–Crippen LogP) is 1.86. The van der Waals surface area contributed by atoms with Gasteiger partial charge in [0.2, 0.25) is 0 Å². The molecule has 2 aliphatic heterocycles. The lowest BCUT2D eigenvalue weighted by molar-refractivity contribution is 0.380. The first-order chi connectivity index (χ1) is 8.16. The summed E-state index contributed by atoms with van der Waals surface area (Å²) in [4.78, 5) is 7.10. The fourth-order valence-electron chi connectivity index (χ4n) is 3.09. The smallest absolute Gasteiger partial charge is 0.127 e. The minimum Gasteiger partial charge on any atom is -0.315 e. The van der Waals surface area contributed by atoms with Gasteiger partial charge in [0.25, 0.3) is 0 Å². The highest BCUT2D eigenvalue weighted by atomic mass is 79.9. The van der Waals surface area contributed by atoms with Gasteiger partial charge in [0, 0.05) is 12.5 Å². The Hall–Kier alpha value is -0.390. The zero-order chi connectivity index (χ0) is 12.0. The van der Waals surface area contributed by atoms with Crippen molar-refractivity contribution in [1.82, 2.24) is 14.5 Å². The van der Waals surface area contributed by atoms with Crippen LogP contribution in [0, 0.1) is 0 Å². The maximum atomic E-state index is 6.25. The minimum atomic E-state index is 0.124. The van der Waals surface area contributed by atoms with Crippen molar-refractivity contribution in [3.05, 3.63) is 16.1 Å². The molecule has 3 rings (SSSR count). The second-order valence-corrected chi connectivity index (χ2v) is 6.04. The second kappa shape index (κ2) is 4.37. The molecule has 5 heteroatoms. The van der Waals surface area contributed by atoms with Crippen molar-refractivity contribution >= 4 is 15.9 Å². The van der Waals surface area contributed by atoms with Gasteiger partial charge in [0.15, 0.2) is 0 Å². The molecule has 2 aliphatic rings. The van der Waals surface area contributed by atoms with Crippen LogP contribution in [0.3, 0.4) is 0 Å². The summed E-state index contributed by atoms with van der Waals surface area (Å²) in [6, 6.07) is 0. The van der Waals surface area contributed by atoms with Gasteiger partial charge in [-0.15, -0.1) is 0 Å². The van der Waals surface area contributed by atoms with Gasteiger partial charge in [-0.2, -0.15) is 0 Å². The van der Waals surface area contributed by atoms with E-state index in [1.165, 1.54) is 30.9 Å². The highest BCUT2D eigenvalue weighted by molar-refractivity contribution is 9.10. The lowest BCUT2D eigenvalue weighted by Crippen LogP contribution is -2.27. The van der Waals surface area contributed by atoms with Crippen LogP contribution < -0.4 is 5.73 Å². The van der Waals surface area contributed by atoms with Crippen LogP contribution in [-0.4, -0.2) is 34.6 Å². The summed E-state index contributed by atoms with van der Waals surface area (Å²) < 4.78 is 3.30. The SMILES string of the molecule is CN1CCC(c2nc(Br)c3n2C(N)CCC3)C1. The molecule has 3 heterocycles. The molecule has 0 bridgehead atoms. The van der Waals surface area contributed by atoms with E-state index in [4.69, 9.17) is 10.7 Å². The zero-order valence-corrected chi connectivity index (χ0v) is 11.8. The summed E-state index contributed by atoms with van der Waals surface area (Å²) in [6.45, 7) is 2.27. The third-order valence-corrected chi connectivity index (χ3v) is 4.63. The molecule has 1 aromatic heterocycles. The Kier molecular flexibility index (Phi) is 3.00. The molecule has 17 heavy (non-hydrogen) atoms. The van der Waals surface area contributed by atoms with E-state index in [9.17, 15) is 0 Å². The van der Waals surface area contributed by atoms with Crippen LogP contribution in [0.25, 0.3) is 0 Å². The molecule has 2 unspecified atom stereocenters. The lowest BCUT2D eigenvalue weighted by atomic mass is 10.1. The summed E-state index contributed by atoms with van der Waals surface area (Å²) in [5.74, 6) is 1.75. The molecule has 2 N–H and O–H groups in total. The molecule has 0 radical (unpaired) electrons. The largest absolute Gasteiger partial charge is 0.315 e. The van der Waals surface area contributed by atoms with E-state index in [1.54, 1.807) is 0 Å². The number of imidazole rings is 1. The van der Waals surface area contributed by atoms with E-state index in [2.05, 4.69) is 32.4 Å². The van der Waals surface area contributed by atoms with E-state index in [1.807, 2.05) is 0 Å². The first-order valence-electron chi connectivity index (χ1n) is 6.37. The Balaban J connectivity index is 2.00. The van der Waals surface area contributed by atoms with Crippen LogP contribution in [0.5, 0.6) is 0 Å². The molecule has 1 aromatic rings. The zero-order valence-electron chi connectivity index (χ0n) is 10.2. The van der Waals surface area contributed by atoms with Gasteiger partial charge >= 0.3 is 0 Å². The van der Waals surface area contributed by atoms with Crippen molar-refractivity contribution < 1.29 is 0 Å². The summed E-state index contributed by atoms with van der Waals surface area (Å²) in [7, 11) is 2.18. The van der Waals surface area contributed by atoms with Gasteiger partial charge in [-0.25, -0.2) is 4.98 Å². The van der Waals surface area contributed by atoms with Crippen LogP contribution in [0.4, 0.5) is 0 Å². The van der Waals surface area contributed by atoms with Crippen molar-refractivity contribution in [3.8, 4) is 0 Å². The molecule has 0 amide bonds. The third kappa shape index (κ3) is 1.94. The number of likely N-dealkylation sites (N-methyl/N-ethyl adjacent to an activating group) is 1. The van der Waals surface area contributed by atoms with Crippen molar-refractivity contribution in [3.63, 3.8) is 0 Å². The predicted molar refractivity (Wildman–Crippen MR) is 70.9 cm³/mol. The molecule has 4 nitrogen and oxygen atoms in total. The summed E-state index contributed by atoms with van der Waals surface area (Å²) in [5, 5.41) is 0. The number of rotatable bonds is 1. The number of likely N-dealkylation sites (tertiary alicyclic amines) is 1. The van der Waals surface area contributed by atoms with Gasteiger partial charge in [-0.05, 0) is 55.2 Å². The van der Waals surface area contributed by atoms with Crippen LogP contribution in [0.2, 0.25) is 0 Å². The first-order valence-corrected chi connectivity index (χ1v) is 7.16. The summed E-state index contributed by atoms with van der Waals surface area (Å²) in [5.41, 5.74) is 7.55. The average Bonchev–Trinajstić information content (AvgIpc) is 2.85. The second-order valence-electron chi connectivity index (χ2n) is 5.28. The standard InChI is InChI=1S/C12H19BrN4/c1-16-6-5-8(7-16)12-15-11(13)9-3-2-4-10(14)17(9)12/h8,10H,2-7,14H2,1H3. The Morgan fingerprint density at radius 2 is 2.24 bits per heavy atom. The highest BCUT2D eigenvalue weighted by Gasteiger charge is 2.31. The Bertz CT molecular complexity index is 428. The van der Waals surface area contributed by atoms with E-state index in [0.29, 0.717) is 5.92 Å². The van der Waals surface area contributed by atoms with E-state index in [0.717, 1.165) is 24.0 Å². The third-order valence-electron chi connectivity index (χ3n) is 3.99. The quantitative estimate of drug-likeness (QED) is 0.861. The monoisotopic (exact) mass is 298 g/mol. The topological polar surface area (TPSA) is 47.1 Å². The maximum absolute atomic E-state index is 6.25. The van der Waals surface area contributed by atoms with Gasteiger partial charge in [0.1, 0.15) is 10.4 Å². The number of nitrogens with two attached hydrogens (primary N) is 1. The van der Waals surface area contributed by atoms with Crippen LogP contribution >= 0.6 is 15.9 Å². The Morgan fingerprint density at radius 1 is 1.41 bits per heavy atom. The molecule has 0 aliphatic carbocycles. The highest BCUT2D eigenvalue weighted by Crippen LogP contribution is 2.34. The van der Waals surface area contributed by atoms with Gasteiger partial charge in [-0.3, -0.25) is 0 Å². The fourth-order valence-corrected chi connectivity index (χ4v) is 3.66. The van der Waals surface area contributed by atoms with Crippen molar-refractivity contribution in [2.75, 3.05) is 20.1 Å². The number of fused-ring (bicyclic) bond motifs is 1. The summed E-state index contributed by atoms with van der Waals surface area (Å²) in [6.07, 6.45) is 4.68. The Labute approximate surface area is 110 Å². The number of hydrogen-bond donors (Lipinski definition) is 1. The van der Waals surface area contributed by atoms with Gasteiger partial charge in [0.05, 0.1) is 11.9 Å². The molecule has 0 saturated carbocycles. The molecular formula is C12H19BrN4. The van der Waals surface area contributed by atoms with Gasteiger partial charge < -0.3 is 15.2 Å². The fraction of sp³-hybridized carbons (Fsp3) is 0.750. The number of halogens is 1. The molecule has 94 valence electrons. The van der Waals surface area contributed by atoms with Crippen LogP contribution in [0.15, 0.2) is 4.60 Å².